The second kappa shape index (κ2) is 8.27. The minimum absolute atomic E-state index is 0.117. The first kappa shape index (κ1) is 19.8. The van der Waals surface area contributed by atoms with Gasteiger partial charge in [0.05, 0.1) is 23.8 Å². The highest BCUT2D eigenvalue weighted by molar-refractivity contribution is 6.32. The number of carbonyl (C=O) groups is 3. The highest BCUT2D eigenvalue weighted by atomic mass is 35.5. The van der Waals surface area contributed by atoms with Crippen molar-refractivity contribution < 1.29 is 28.6 Å². The van der Waals surface area contributed by atoms with Crippen LogP contribution in [0.3, 0.4) is 0 Å². The molecular weight excluding hydrogens is 364 g/mol. The van der Waals surface area contributed by atoms with Crippen LogP contribution >= 0.6 is 11.6 Å². The maximum atomic E-state index is 12.1. The average Bonchev–Trinajstić information content (AvgIpc) is 2.76. The summed E-state index contributed by atoms with van der Waals surface area (Å²) in [4.78, 5) is 35.4. The fourth-order valence-electron chi connectivity index (χ4n) is 2.10. The quantitative estimate of drug-likeness (QED) is 0.775. The van der Waals surface area contributed by atoms with Crippen LogP contribution in [0.15, 0.2) is 12.1 Å². The van der Waals surface area contributed by atoms with Crippen LogP contribution in [0.1, 0.15) is 37.6 Å². The van der Waals surface area contributed by atoms with Crippen LogP contribution in [0.5, 0.6) is 11.5 Å². The third kappa shape index (κ3) is 5.80. The first-order valence-corrected chi connectivity index (χ1v) is 8.42. The van der Waals surface area contributed by atoms with Gasteiger partial charge in [0.25, 0.3) is 5.91 Å². The summed E-state index contributed by atoms with van der Waals surface area (Å²) in [5.74, 6) is -0.803. The number of esters is 1. The van der Waals surface area contributed by atoms with E-state index in [9.17, 15) is 14.4 Å². The van der Waals surface area contributed by atoms with E-state index in [2.05, 4.69) is 10.6 Å². The van der Waals surface area contributed by atoms with Gasteiger partial charge in [0.1, 0.15) is 0 Å². The van der Waals surface area contributed by atoms with Gasteiger partial charge in [0, 0.05) is 12.0 Å². The van der Waals surface area contributed by atoms with Gasteiger partial charge in [-0.3, -0.25) is 10.1 Å². The molecule has 1 aliphatic heterocycles. The lowest BCUT2D eigenvalue weighted by molar-refractivity contribution is -0.123. The summed E-state index contributed by atoms with van der Waals surface area (Å²) >= 11 is 6.11. The summed E-state index contributed by atoms with van der Waals surface area (Å²) in [5, 5.41) is 4.85. The van der Waals surface area contributed by atoms with Crippen LogP contribution in [-0.2, 0) is 9.53 Å². The molecule has 0 atom stereocenters. The molecule has 8 nitrogen and oxygen atoms in total. The number of urea groups is 1. The number of imide groups is 1. The third-order valence-corrected chi connectivity index (χ3v) is 3.39. The summed E-state index contributed by atoms with van der Waals surface area (Å²) in [6, 6.07) is 2.15. The zero-order chi connectivity index (χ0) is 19.3. The van der Waals surface area contributed by atoms with Crippen molar-refractivity contribution in [2.24, 2.45) is 0 Å². The van der Waals surface area contributed by atoms with Crippen LogP contribution in [0.25, 0.3) is 0 Å². The molecule has 142 valence electrons. The van der Waals surface area contributed by atoms with Gasteiger partial charge in [-0.2, -0.15) is 0 Å². The van der Waals surface area contributed by atoms with Gasteiger partial charge in [0.2, 0.25) is 0 Å². The Hall–Kier alpha value is -2.48. The molecule has 1 aromatic carbocycles. The lowest BCUT2D eigenvalue weighted by atomic mass is 10.1. The van der Waals surface area contributed by atoms with E-state index in [1.54, 1.807) is 20.8 Å². The normalized spacial score (nSPS) is 13.4. The van der Waals surface area contributed by atoms with Gasteiger partial charge in [-0.05, 0) is 32.9 Å². The number of hydrogen-bond donors (Lipinski definition) is 2. The molecule has 2 rings (SSSR count). The van der Waals surface area contributed by atoms with E-state index in [1.807, 2.05) is 0 Å². The van der Waals surface area contributed by atoms with Crippen molar-refractivity contribution in [3.8, 4) is 11.5 Å². The molecule has 1 aliphatic rings. The highest BCUT2D eigenvalue weighted by Crippen LogP contribution is 2.38. The Balaban J connectivity index is 1.94. The molecule has 0 saturated heterocycles. The lowest BCUT2D eigenvalue weighted by Crippen LogP contribution is -2.49. The van der Waals surface area contributed by atoms with Gasteiger partial charge >= 0.3 is 12.0 Å². The van der Waals surface area contributed by atoms with Crippen molar-refractivity contribution >= 4 is 29.5 Å². The minimum Gasteiger partial charge on any atom is -0.489 e. The zero-order valence-electron chi connectivity index (χ0n) is 14.8. The van der Waals surface area contributed by atoms with Crippen LogP contribution in [0.4, 0.5) is 4.79 Å². The van der Waals surface area contributed by atoms with Crippen molar-refractivity contribution in [1.82, 2.24) is 10.6 Å². The number of benzene rings is 1. The molecular formula is C17H21ClN2O6. The van der Waals surface area contributed by atoms with E-state index in [0.29, 0.717) is 31.1 Å². The summed E-state index contributed by atoms with van der Waals surface area (Å²) in [6.45, 7) is 5.60. The Bertz CT molecular complexity index is 714. The van der Waals surface area contributed by atoms with Gasteiger partial charge in [-0.25, -0.2) is 9.59 Å². The molecule has 0 aromatic heterocycles. The van der Waals surface area contributed by atoms with Gasteiger partial charge < -0.3 is 19.5 Å². The smallest absolute Gasteiger partial charge is 0.338 e. The van der Waals surface area contributed by atoms with Gasteiger partial charge in [-0.1, -0.05) is 11.6 Å². The molecule has 0 unspecified atom stereocenters. The fraction of sp³-hybridized carbons (Fsp3) is 0.471. The topological polar surface area (TPSA) is 103 Å². The molecule has 0 aliphatic carbocycles. The predicted molar refractivity (Wildman–Crippen MR) is 93.8 cm³/mol. The van der Waals surface area contributed by atoms with Crippen molar-refractivity contribution in [3.05, 3.63) is 22.7 Å². The second-order valence-corrected chi connectivity index (χ2v) is 7.07. The Morgan fingerprint density at radius 1 is 1.19 bits per heavy atom. The van der Waals surface area contributed by atoms with E-state index in [-0.39, 0.29) is 10.6 Å². The molecule has 2 N–H and O–H groups in total. The van der Waals surface area contributed by atoms with Crippen LogP contribution in [-0.4, -0.2) is 43.3 Å². The molecule has 26 heavy (non-hydrogen) atoms. The number of ether oxygens (including phenoxy) is 3. The van der Waals surface area contributed by atoms with Crippen LogP contribution in [0, 0.1) is 0 Å². The number of rotatable bonds is 3. The van der Waals surface area contributed by atoms with Gasteiger partial charge in [-0.15, -0.1) is 0 Å². The second-order valence-electron chi connectivity index (χ2n) is 6.66. The first-order valence-electron chi connectivity index (χ1n) is 8.04. The van der Waals surface area contributed by atoms with E-state index in [0.717, 1.165) is 0 Å². The van der Waals surface area contributed by atoms with Crippen molar-refractivity contribution in [2.75, 3.05) is 19.8 Å². The van der Waals surface area contributed by atoms with E-state index in [1.165, 1.54) is 12.1 Å². The van der Waals surface area contributed by atoms with E-state index in [4.69, 9.17) is 25.8 Å². The number of fused-ring (bicyclic) bond motifs is 1. The first-order chi connectivity index (χ1) is 12.2. The third-order valence-electron chi connectivity index (χ3n) is 3.11. The Morgan fingerprint density at radius 3 is 2.58 bits per heavy atom. The molecule has 0 radical (unpaired) electrons. The lowest BCUT2D eigenvalue weighted by Gasteiger charge is -2.20. The van der Waals surface area contributed by atoms with Crippen molar-refractivity contribution in [1.29, 1.82) is 0 Å². The highest BCUT2D eigenvalue weighted by Gasteiger charge is 2.20. The fourth-order valence-corrected chi connectivity index (χ4v) is 2.36. The molecule has 1 heterocycles. The Labute approximate surface area is 156 Å². The summed E-state index contributed by atoms with van der Waals surface area (Å²) in [6.07, 6.45) is 0.696. The SMILES string of the molecule is CC(C)(C)NC(=O)NC(=O)COC(=O)c1cc(Cl)c2c(c1)OCCCO2. The summed E-state index contributed by atoms with van der Waals surface area (Å²) in [5.41, 5.74) is -0.381. The average molecular weight is 385 g/mol. The van der Waals surface area contributed by atoms with Crippen molar-refractivity contribution in [2.45, 2.75) is 32.7 Å². The summed E-state index contributed by atoms with van der Waals surface area (Å²) < 4.78 is 15.9. The number of nitrogens with one attached hydrogen (secondary N) is 2. The standard InChI is InChI=1S/C17H21ClN2O6/c1-17(2,3)20-16(23)19-13(21)9-26-15(22)10-7-11(18)14-12(8-10)24-5-4-6-25-14/h7-8H,4-6,9H2,1-3H3,(H2,19,20,21,23). The number of halogens is 1. The molecule has 1 aromatic rings. The predicted octanol–water partition coefficient (Wildman–Crippen LogP) is 2.28. The van der Waals surface area contributed by atoms with Gasteiger partial charge in [0.15, 0.2) is 18.1 Å². The summed E-state index contributed by atoms with van der Waals surface area (Å²) in [7, 11) is 0. The molecule has 0 bridgehead atoms. The van der Waals surface area contributed by atoms with Crippen LogP contribution < -0.4 is 20.1 Å². The molecule has 0 fully saturated rings. The molecule has 0 spiro atoms. The van der Waals surface area contributed by atoms with E-state index < -0.39 is 30.1 Å². The molecule has 0 saturated carbocycles. The largest absolute Gasteiger partial charge is 0.489 e. The number of hydrogen-bond acceptors (Lipinski definition) is 6. The zero-order valence-corrected chi connectivity index (χ0v) is 15.6. The van der Waals surface area contributed by atoms with Crippen molar-refractivity contribution in [3.63, 3.8) is 0 Å². The molecule has 9 heteroatoms. The monoisotopic (exact) mass is 384 g/mol. The maximum Gasteiger partial charge on any atom is 0.338 e. The number of carbonyl (C=O) groups excluding carboxylic acids is 3. The van der Waals surface area contributed by atoms with E-state index >= 15 is 0 Å². The Morgan fingerprint density at radius 2 is 1.88 bits per heavy atom. The molecule has 3 amide bonds. The minimum atomic E-state index is -0.770. The maximum absolute atomic E-state index is 12.1. The number of amides is 3. The Kier molecular flexibility index (Phi) is 6.31. The van der Waals surface area contributed by atoms with Crippen LogP contribution in [0.2, 0.25) is 5.02 Å².